The largest absolute Gasteiger partial charge is 0.364 e. The fraction of sp³-hybridized carbons (Fsp3) is 0.857. The van der Waals surface area contributed by atoms with Crippen molar-refractivity contribution in [2.24, 2.45) is 0 Å². The minimum atomic E-state index is -0.597. The summed E-state index contributed by atoms with van der Waals surface area (Å²) in [4.78, 5) is 13.4. The number of nitrogens with zero attached hydrogens (tertiary/aromatic N) is 1. The Balaban J connectivity index is 1.85. The molecule has 5 heteroatoms. The molecule has 2 rings (SSSR count). The Morgan fingerprint density at radius 3 is 2.47 bits per heavy atom. The SMILES string of the molecule is C[C@@H]1C[NH+](CC(=O)NC2(C#N)CCCC2)C[C@H](C)O1. The van der Waals surface area contributed by atoms with Crippen LogP contribution in [0.4, 0.5) is 0 Å². The number of nitrogens with one attached hydrogen (secondary N) is 2. The first-order valence-electron chi connectivity index (χ1n) is 7.24. The van der Waals surface area contributed by atoms with Gasteiger partial charge in [-0.15, -0.1) is 0 Å². The van der Waals surface area contributed by atoms with Crippen LogP contribution in [0.25, 0.3) is 0 Å². The molecule has 0 aromatic heterocycles. The average molecular weight is 266 g/mol. The zero-order valence-electron chi connectivity index (χ0n) is 11.9. The molecule has 1 unspecified atom stereocenters. The molecule has 1 aliphatic carbocycles. The molecular formula is C14H24N3O2+. The molecule has 1 heterocycles. The van der Waals surface area contributed by atoms with Crippen LogP contribution in [0.2, 0.25) is 0 Å². The Morgan fingerprint density at radius 2 is 1.95 bits per heavy atom. The van der Waals surface area contributed by atoms with Gasteiger partial charge in [-0.3, -0.25) is 4.79 Å². The maximum absolute atomic E-state index is 12.1. The summed E-state index contributed by atoms with van der Waals surface area (Å²) in [6.45, 7) is 6.25. The lowest BCUT2D eigenvalue weighted by Crippen LogP contribution is -3.16. The second-order valence-corrected chi connectivity index (χ2v) is 6.04. The third-order valence-electron chi connectivity index (χ3n) is 4.08. The molecule has 5 nitrogen and oxygen atoms in total. The summed E-state index contributed by atoms with van der Waals surface area (Å²) >= 11 is 0. The van der Waals surface area contributed by atoms with Crippen molar-refractivity contribution in [1.29, 1.82) is 5.26 Å². The highest BCUT2D eigenvalue weighted by atomic mass is 16.5. The van der Waals surface area contributed by atoms with Crippen LogP contribution in [-0.2, 0) is 9.53 Å². The van der Waals surface area contributed by atoms with E-state index in [0.29, 0.717) is 6.54 Å². The van der Waals surface area contributed by atoms with Crippen molar-refractivity contribution in [1.82, 2.24) is 5.32 Å². The molecule has 0 radical (unpaired) electrons. The quantitative estimate of drug-likeness (QED) is 0.732. The molecule has 0 spiro atoms. The van der Waals surface area contributed by atoms with Gasteiger partial charge in [0.25, 0.3) is 5.91 Å². The van der Waals surface area contributed by atoms with Crippen LogP contribution in [0.1, 0.15) is 39.5 Å². The summed E-state index contributed by atoms with van der Waals surface area (Å²) in [5.74, 6) is -0.000231. The zero-order chi connectivity index (χ0) is 13.9. The number of morpholine rings is 1. The first kappa shape index (κ1) is 14.3. The lowest BCUT2D eigenvalue weighted by molar-refractivity contribution is -0.907. The van der Waals surface area contributed by atoms with E-state index in [9.17, 15) is 10.1 Å². The van der Waals surface area contributed by atoms with Gasteiger partial charge >= 0.3 is 0 Å². The van der Waals surface area contributed by atoms with E-state index in [4.69, 9.17) is 4.74 Å². The van der Waals surface area contributed by atoms with Crippen molar-refractivity contribution >= 4 is 5.91 Å². The molecule has 0 aromatic carbocycles. The van der Waals surface area contributed by atoms with Gasteiger partial charge in [-0.2, -0.15) is 5.26 Å². The molecule has 106 valence electrons. The van der Waals surface area contributed by atoms with E-state index in [1.807, 2.05) is 13.8 Å². The topological polar surface area (TPSA) is 66.6 Å². The highest BCUT2D eigenvalue weighted by Crippen LogP contribution is 2.28. The monoisotopic (exact) mass is 266 g/mol. The van der Waals surface area contributed by atoms with E-state index < -0.39 is 5.54 Å². The van der Waals surface area contributed by atoms with E-state index in [1.165, 1.54) is 4.90 Å². The van der Waals surface area contributed by atoms with Crippen molar-refractivity contribution in [2.45, 2.75) is 57.3 Å². The summed E-state index contributed by atoms with van der Waals surface area (Å²) < 4.78 is 5.67. The van der Waals surface area contributed by atoms with Crippen molar-refractivity contribution in [3.8, 4) is 6.07 Å². The summed E-state index contributed by atoms with van der Waals surface area (Å²) in [5.41, 5.74) is -0.597. The van der Waals surface area contributed by atoms with Crippen molar-refractivity contribution in [3.05, 3.63) is 0 Å². The Hall–Kier alpha value is -1.12. The van der Waals surface area contributed by atoms with Crippen LogP contribution in [0.5, 0.6) is 0 Å². The van der Waals surface area contributed by atoms with Crippen LogP contribution in [0.3, 0.4) is 0 Å². The average Bonchev–Trinajstić information content (AvgIpc) is 2.76. The molecule has 3 atom stereocenters. The van der Waals surface area contributed by atoms with Gasteiger partial charge in [-0.1, -0.05) is 0 Å². The third-order valence-corrected chi connectivity index (χ3v) is 4.08. The zero-order valence-corrected chi connectivity index (χ0v) is 11.9. The number of amides is 1. The minimum Gasteiger partial charge on any atom is -0.364 e. The predicted molar refractivity (Wildman–Crippen MR) is 70.5 cm³/mol. The van der Waals surface area contributed by atoms with Gasteiger partial charge in [0, 0.05) is 0 Å². The molecule has 1 aliphatic heterocycles. The van der Waals surface area contributed by atoms with Gasteiger partial charge in [0.15, 0.2) is 6.54 Å². The molecule has 1 saturated heterocycles. The van der Waals surface area contributed by atoms with E-state index in [1.54, 1.807) is 0 Å². The molecule has 2 aliphatic rings. The number of carbonyl (C=O) groups excluding carboxylic acids is 1. The second kappa shape index (κ2) is 5.89. The maximum atomic E-state index is 12.1. The second-order valence-electron chi connectivity index (χ2n) is 6.04. The molecule has 2 fully saturated rings. The Bertz CT molecular complexity index is 361. The number of hydrogen-bond acceptors (Lipinski definition) is 3. The number of nitriles is 1. The summed E-state index contributed by atoms with van der Waals surface area (Å²) in [7, 11) is 0. The summed E-state index contributed by atoms with van der Waals surface area (Å²) in [5, 5.41) is 12.2. The molecule has 1 saturated carbocycles. The Labute approximate surface area is 114 Å². The normalized spacial score (nSPS) is 33.6. The Kier molecular flexibility index (Phi) is 4.43. The smallest absolute Gasteiger partial charge is 0.276 e. The standard InChI is InChI=1S/C14H23N3O2/c1-11-7-17(8-12(2)19-11)9-13(18)16-14(10-15)5-3-4-6-14/h11-12H,3-9H2,1-2H3,(H,16,18)/p+1/t11-,12+. The van der Waals surface area contributed by atoms with Crippen molar-refractivity contribution in [2.75, 3.05) is 19.6 Å². The van der Waals surface area contributed by atoms with E-state index >= 15 is 0 Å². The number of quaternary nitrogens is 1. The number of carbonyl (C=O) groups is 1. The van der Waals surface area contributed by atoms with Crippen LogP contribution < -0.4 is 10.2 Å². The molecule has 0 bridgehead atoms. The van der Waals surface area contributed by atoms with E-state index in [-0.39, 0.29) is 18.1 Å². The number of rotatable bonds is 3. The van der Waals surface area contributed by atoms with Crippen LogP contribution >= 0.6 is 0 Å². The van der Waals surface area contributed by atoms with Crippen LogP contribution in [0.15, 0.2) is 0 Å². The van der Waals surface area contributed by atoms with Crippen LogP contribution in [-0.4, -0.2) is 43.3 Å². The summed E-state index contributed by atoms with van der Waals surface area (Å²) in [6, 6.07) is 2.30. The fourth-order valence-corrected chi connectivity index (χ4v) is 3.31. The van der Waals surface area contributed by atoms with Gasteiger partial charge < -0.3 is 15.0 Å². The molecular weight excluding hydrogens is 242 g/mol. The van der Waals surface area contributed by atoms with E-state index in [2.05, 4.69) is 11.4 Å². The lowest BCUT2D eigenvalue weighted by atomic mass is 10.00. The number of ether oxygens (including phenoxy) is 1. The van der Waals surface area contributed by atoms with Crippen molar-refractivity contribution in [3.63, 3.8) is 0 Å². The molecule has 19 heavy (non-hydrogen) atoms. The van der Waals surface area contributed by atoms with Gasteiger partial charge in [0.05, 0.1) is 6.07 Å². The summed E-state index contributed by atoms with van der Waals surface area (Å²) in [6.07, 6.45) is 4.05. The number of hydrogen-bond donors (Lipinski definition) is 2. The van der Waals surface area contributed by atoms with Crippen LogP contribution in [0, 0.1) is 11.3 Å². The predicted octanol–water partition coefficient (Wildman–Crippen LogP) is -0.369. The first-order valence-corrected chi connectivity index (χ1v) is 7.24. The fourth-order valence-electron chi connectivity index (χ4n) is 3.31. The maximum Gasteiger partial charge on any atom is 0.276 e. The van der Waals surface area contributed by atoms with Gasteiger partial charge in [0.1, 0.15) is 30.8 Å². The minimum absolute atomic E-state index is 0.000231. The van der Waals surface area contributed by atoms with E-state index in [0.717, 1.165) is 38.8 Å². The van der Waals surface area contributed by atoms with Gasteiger partial charge in [0.2, 0.25) is 0 Å². The molecule has 0 aromatic rings. The Morgan fingerprint density at radius 1 is 1.37 bits per heavy atom. The van der Waals surface area contributed by atoms with Crippen molar-refractivity contribution < 1.29 is 14.4 Å². The third kappa shape index (κ3) is 3.68. The van der Waals surface area contributed by atoms with Gasteiger partial charge in [-0.25, -0.2) is 0 Å². The molecule has 2 N–H and O–H groups in total. The van der Waals surface area contributed by atoms with Gasteiger partial charge in [-0.05, 0) is 39.5 Å². The highest BCUT2D eigenvalue weighted by molar-refractivity contribution is 5.78. The highest BCUT2D eigenvalue weighted by Gasteiger charge is 2.36. The lowest BCUT2D eigenvalue weighted by Gasteiger charge is -2.32. The first-order chi connectivity index (χ1) is 9.03. The molecule has 1 amide bonds.